The summed E-state index contributed by atoms with van der Waals surface area (Å²) in [6.07, 6.45) is 2.10. The molecular weight excluding hydrogens is 206 g/mol. The molecule has 4 heteroatoms. The van der Waals surface area contributed by atoms with Crippen LogP contribution in [-0.2, 0) is 0 Å². The summed E-state index contributed by atoms with van der Waals surface area (Å²) in [6.45, 7) is 2.86. The molecule has 1 aromatic carbocycles. The van der Waals surface area contributed by atoms with Crippen LogP contribution >= 0.6 is 12.2 Å². The van der Waals surface area contributed by atoms with Gasteiger partial charge in [-0.25, -0.2) is 5.43 Å². The first kappa shape index (κ1) is 10.1. The number of nitrogens with one attached hydrogen (secondary N) is 2. The van der Waals surface area contributed by atoms with Crippen molar-refractivity contribution in [3.8, 4) is 0 Å². The van der Waals surface area contributed by atoms with E-state index in [4.69, 9.17) is 12.2 Å². The number of allylic oxidation sites excluding steroid dienone is 1. The molecule has 0 atom stereocenters. The lowest BCUT2D eigenvalue weighted by Crippen LogP contribution is -2.39. The molecule has 0 unspecified atom stereocenters. The Bertz CT molecular complexity index is 386. The summed E-state index contributed by atoms with van der Waals surface area (Å²) >= 11 is 5.28. The van der Waals surface area contributed by atoms with Crippen molar-refractivity contribution in [3.05, 3.63) is 42.1 Å². The number of benzene rings is 1. The maximum absolute atomic E-state index is 5.28. The minimum Gasteiger partial charge on any atom is -0.331 e. The van der Waals surface area contributed by atoms with Gasteiger partial charge in [0.25, 0.3) is 0 Å². The average Bonchev–Trinajstić information content (AvgIpc) is 2.66. The summed E-state index contributed by atoms with van der Waals surface area (Å²) in [5.41, 5.74) is 5.30. The summed E-state index contributed by atoms with van der Waals surface area (Å²) in [5.74, 6) is 0. The van der Waals surface area contributed by atoms with Gasteiger partial charge in [0.2, 0.25) is 0 Å². The number of rotatable bonds is 1. The molecule has 0 aromatic heterocycles. The first-order valence-electron chi connectivity index (χ1n) is 4.84. The van der Waals surface area contributed by atoms with Crippen molar-refractivity contribution in [2.45, 2.75) is 6.92 Å². The average molecular weight is 219 g/mol. The third kappa shape index (κ3) is 2.34. The highest BCUT2D eigenvalue weighted by Gasteiger charge is 2.14. The van der Waals surface area contributed by atoms with E-state index in [-0.39, 0.29) is 0 Å². The molecule has 2 N–H and O–H groups in total. The molecule has 1 heterocycles. The Morgan fingerprint density at radius 1 is 1.40 bits per heavy atom. The van der Waals surface area contributed by atoms with Crippen molar-refractivity contribution < 1.29 is 0 Å². The van der Waals surface area contributed by atoms with Crippen molar-refractivity contribution in [3.63, 3.8) is 0 Å². The second-order valence-electron chi connectivity index (χ2n) is 3.34. The molecule has 1 aromatic rings. The van der Waals surface area contributed by atoms with Crippen molar-refractivity contribution in [1.82, 2.24) is 10.4 Å². The molecule has 0 aliphatic carbocycles. The van der Waals surface area contributed by atoms with Crippen LogP contribution in [0.2, 0.25) is 0 Å². The van der Waals surface area contributed by atoms with Gasteiger partial charge in [-0.15, -0.1) is 0 Å². The van der Waals surface area contributed by atoms with Gasteiger partial charge in [0.05, 0.1) is 0 Å². The Kier molecular flexibility index (Phi) is 2.99. The van der Waals surface area contributed by atoms with Crippen molar-refractivity contribution in [1.29, 1.82) is 0 Å². The highest BCUT2D eigenvalue weighted by Crippen LogP contribution is 2.11. The molecule has 78 valence electrons. The zero-order chi connectivity index (χ0) is 10.7. The van der Waals surface area contributed by atoms with E-state index in [0.29, 0.717) is 5.11 Å². The van der Waals surface area contributed by atoms with Crippen LogP contribution in [0.25, 0.3) is 0 Å². The normalized spacial score (nSPS) is 15.0. The van der Waals surface area contributed by atoms with Gasteiger partial charge in [-0.3, -0.25) is 5.01 Å². The van der Waals surface area contributed by atoms with Crippen LogP contribution in [0.3, 0.4) is 0 Å². The minimum atomic E-state index is 0.674. The standard InChI is InChI=1S/C11H13N3S/c1-9-7-8-12-14(9)11(15)13-10-5-3-2-4-6-10/h2-7,12H,8H2,1H3,(H,13,15). The molecule has 0 bridgehead atoms. The van der Waals surface area contributed by atoms with E-state index in [1.807, 2.05) is 42.3 Å². The molecule has 0 saturated heterocycles. The largest absolute Gasteiger partial charge is 0.331 e. The van der Waals surface area contributed by atoms with Gasteiger partial charge in [0.15, 0.2) is 5.11 Å². The van der Waals surface area contributed by atoms with Gasteiger partial charge < -0.3 is 5.32 Å². The number of para-hydroxylation sites is 1. The van der Waals surface area contributed by atoms with Crippen LogP contribution in [0, 0.1) is 0 Å². The fourth-order valence-electron chi connectivity index (χ4n) is 1.43. The second-order valence-corrected chi connectivity index (χ2v) is 3.73. The van der Waals surface area contributed by atoms with Crippen molar-refractivity contribution in [2.24, 2.45) is 0 Å². The lowest BCUT2D eigenvalue weighted by atomic mass is 10.3. The van der Waals surface area contributed by atoms with Crippen LogP contribution in [0.4, 0.5) is 5.69 Å². The minimum absolute atomic E-state index is 0.674. The maximum Gasteiger partial charge on any atom is 0.192 e. The van der Waals surface area contributed by atoms with E-state index in [1.165, 1.54) is 0 Å². The molecule has 0 fully saturated rings. The highest BCUT2D eigenvalue weighted by molar-refractivity contribution is 7.80. The zero-order valence-electron chi connectivity index (χ0n) is 8.53. The van der Waals surface area contributed by atoms with E-state index in [2.05, 4.69) is 16.8 Å². The predicted octanol–water partition coefficient (Wildman–Crippen LogP) is 2.11. The van der Waals surface area contributed by atoms with E-state index in [0.717, 1.165) is 17.9 Å². The number of hydrazine groups is 1. The molecular formula is C11H13N3S. The molecule has 1 aliphatic rings. The topological polar surface area (TPSA) is 27.3 Å². The number of anilines is 1. The van der Waals surface area contributed by atoms with Gasteiger partial charge in [-0.2, -0.15) is 0 Å². The summed E-state index contributed by atoms with van der Waals surface area (Å²) in [5, 5.41) is 5.72. The second kappa shape index (κ2) is 4.42. The third-order valence-electron chi connectivity index (χ3n) is 2.23. The van der Waals surface area contributed by atoms with Crippen LogP contribution < -0.4 is 10.7 Å². The zero-order valence-corrected chi connectivity index (χ0v) is 9.34. The molecule has 0 amide bonds. The number of thiocarbonyl (C=S) groups is 1. The SMILES string of the molecule is CC1=CCNN1C(=S)Nc1ccccc1. The van der Waals surface area contributed by atoms with Gasteiger partial charge in [-0.1, -0.05) is 18.2 Å². The Morgan fingerprint density at radius 2 is 2.13 bits per heavy atom. The van der Waals surface area contributed by atoms with Gasteiger partial charge in [-0.05, 0) is 37.4 Å². The quantitative estimate of drug-likeness (QED) is 0.707. The van der Waals surface area contributed by atoms with Gasteiger partial charge >= 0.3 is 0 Å². The van der Waals surface area contributed by atoms with Crippen LogP contribution in [0.15, 0.2) is 42.1 Å². The van der Waals surface area contributed by atoms with Crippen molar-refractivity contribution in [2.75, 3.05) is 11.9 Å². The van der Waals surface area contributed by atoms with E-state index in [1.54, 1.807) is 0 Å². The predicted molar refractivity (Wildman–Crippen MR) is 66.3 cm³/mol. The Labute approximate surface area is 94.7 Å². The lowest BCUT2D eigenvalue weighted by molar-refractivity contribution is 0.438. The first-order chi connectivity index (χ1) is 7.27. The molecule has 15 heavy (non-hydrogen) atoms. The lowest BCUT2D eigenvalue weighted by Gasteiger charge is -2.21. The highest BCUT2D eigenvalue weighted by atomic mass is 32.1. The molecule has 0 radical (unpaired) electrons. The van der Waals surface area contributed by atoms with Crippen molar-refractivity contribution >= 4 is 23.0 Å². The van der Waals surface area contributed by atoms with E-state index >= 15 is 0 Å². The van der Waals surface area contributed by atoms with Gasteiger partial charge in [0.1, 0.15) is 0 Å². The molecule has 0 spiro atoms. The van der Waals surface area contributed by atoms with Crippen LogP contribution in [0.5, 0.6) is 0 Å². The fraction of sp³-hybridized carbons (Fsp3) is 0.182. The maximum atomic E-state index is 5.28. The van der Waals surface area contributed by atoms with Gasteiger partial charge in [0, 0.05) is 17.9 Å². The Hall–Kier alpha value is -1.39. The molecule has 0 saturated carbocycles. The Morgan fingerprint density at radius 3 is 2.73 bits per heavy atom. The smallest absolute Gasteiger partial charge is 0.192 e. The van der Waals surface area contributed by atoms with E-state index in [9.17, 15) is 0 Å². The first-order valence-corrected chi connectivity index (χ1v) is 5.24. The summed E-state index contributed by atoms with van der Waals surface area (Å²) < 4.78 is 0. The Balaban J connectivity index is 2.02. The molecule has 2 rings (SSSR count). The van der Waals surface area contributed by atoms with Crippen LogP contribution in [0.1, 0.15) is 6.92 Å². The summed E-state index contributed by atoms with van der Waals surface area (Å²) in [6, 6.07) is 9.91. The fourth-order valence-corrected chi connectivity index (χ4v) is 1.76. The van der Waals surface area contributed by atoms with E-state index < -0.39 is 0 Å². The molecule has 3 nitrogen and oxygen atoms in total. The number of hydrogen-bond donors (Lipinski definition) is 2. The summed E-state index contributed by atoms with van der Waals surface area (Å²) in [7, 11) is 0. The van der Waals surface area contributed by atoms with Crippen LogP contribution in [-0.4, -0.2) is 16.7 Å². The number of nitrogens with zero attached hydrogens (tertiary/aromatic N) is 1. The monoisotopic (exact) mass is 219 g/mol. The third-order valence-corrected chi connectivity index (χ3v) is 2.51. The molecule has 1 aliphatic heterocycles. The number of hydrogen-bond acceptors (Lipinski definition) is 2. The summed E-state index contributed by atoms with van der Waals surface area (Å²) in [4.78, 5) is 0.